The number of nitrogens with zero attached hydrogens (tertiary/aromatic N) is 1. The van der Waals surface area contributed by atoms with Crippen LogP contribution in [0.25, 0.3) is 0 Å². The van der Waals surface area contributed by atoms with Crippen LogP contribution in [0.4, 0.5) is 0 Å². The molecule has 3 rings (SSSR count). The SMILES string of the molecule is CC(C)c1cc(C(=O)NC[C@H]2CCO[C@@H]2c2ccccc2)no1. The zero-order valence-electron chi connectivity index (χ0n) is 13.5. The van der Waals surface area contributed by atoms with Gasteiger partial charge in [-0.05, 0) is 12.0 Å². The van der Waals surface area contributed by atoms with Gasteiger partial charge in [-0.1, -0.05) is 49.3 Å². The maximum atomic E-state index is 12.2. The lowest BCUT2D eigenvalue weighted by Gasteiger charge is -2.19. The highest BCUT2D eigenvalue weighted by molar-refractivity contribution is 5.92. The van der Waals surface area contributed by atoms with Crippen molar-refractivity contribution in [2.75, 3.05) is 13.2 Å². The topological polar surface area (TPSA) is 64.4 Å². The van der Waals surface area contributed by atoms with Crippen molar-refractivity contribution in [1.29, 1.82) is 0 Å². The Labute approximate surface area is 136 Å². The van der Waals surface area contributed by atoms with Crippen LogP contribution in [0.3, 0.4) is 0 Å². The standard InChI is InChI=1S/C18H22N2O3/c1-12(2)16-10-15(20-23-16)18(21)19-11-14-8-9-22-17(14)13-6-4-3-5-7-13/h3-7,10,12,14,17H,8-9,11H2,1-2H3,(H,19,21)/t14-,17-/m1/s1. The minimum absolute atomic E-state index is 0.0417. The summed E-state index contributed by atoms with van der Waals surface area (Å²) in [6.07, 6.45) is 0.982. The maximum absolute atomic E-state index is 12.2. The van der Waals surface area contributed by atoms with Crippen molar-refractivity contribution < 1.29 is 14.1 Å². The van der Waals surface area contributed by atoms with Crippen LogP contribution in [0.2, 0.25) is 0 Å². The van der Waals surface area contributed by atoms with Crippen LogP contribution in [0, 0.1) is 5.92 Å². The third-order valence-corrected chi connectivity index (χ3v) is 4.20. The van der Waals surface area contributed by atoms with Gasteiger partial charge in [0.1, 0.15) is 5.76 Å². The summed E-state index contributed by atoms with van der Waals surface area (Å²) in [7, 11) is 0. The van der Waals surface area contributed by atoms with Gasteiger partial charge in [0.05, 0.1) is 6.10 Å². The van der Waals surface area contributed by atoms with Crippen molar-refractivity contribution in [1.82, 2.24) is 10.5 Å². The second kappa shape index (κ2) is 6.96. The van der Waals surface area contributed by atoms with Crippen molar-refractivity contribution in [3.05, 3.63) is 53.4 Å². The van der Waals surface area contributed by atoms with E-state index in [-0.39, 0.29) is 23.8 Å². The molecule has 2 aromatic rings. The number of carbonyl (C=O) groups excluding carboxylic acids is 1. The minimum Gasteiger partial charge on any atom is -0.373 e. The summed E-state index contributed by atoms with van der Waals surface area (Å²) in [6, 6.07) is 11.9. The van der Waals surface area contributed by atoms with Crippen molar-refractivity contribution >= 4 is 5.91 Å². The Morgan fingerprint density at radius 2 is 2.13 bits per heavy atom. The van der Waals surface area contributed by atoms with Crippen molar-refractivity contribution in [2.45, 2.75) is 32.3 Å². The van der Waals surface area contributed by atoms with Crippen molar-refractivity contribution in [2.24, 2.45) is 5.92 Å². The molecule has 0 saturated carbocycles. The zero-order chi connectivity index (χ0) is 16.2. The lowest BCUT2D eigenvalue weighted by atomic mass is 9.95. The molecule has 1 aromatic heterocycles. The van der Waals surface area contributed by atoms with E-state index in [1.165, 1.54) is 0 Å². The lowest BCUT2D eigenvalue weighted by molar-refractivity contribution is 0.0842. The normalized spacial score (nSPS) is 20.8. The summed E-state index contributed by atoms with van der Waals surface area (Å²) in [5, 5.41) is 6.79. The molecular formula is C18H22N2O3. The van der Waals surface area contributed by atoms with Gasteiger partial charge in [-0.25, -0.2) is 0 Å². The van der Waals surface area contributed by atoms with Gasteiger partial charge < -0.3 is 14.6 Å². The predicted octanol–water partition coefficient (Wildman–Crippen LogP) is 3.31. The van der Waals surface area contributed by atoms with Gasteiger partial charge in [0, 0.05) is 31.1 Å². The molecule has 1 aromatic carbocycles. The highest BCUT2D eigenvalue weighted by Gasteiger charge is 2.30. The number of benzene rings is 1. The van der Waals surface area contributed by atoms with Crippen LogP contribution in [-0.4, -0.2) is 24.2 Å². The second-order valence-electron chi connectivity index (χ2n) is 6.23. The molecule has 0 spiro atoms. The highest BCUT2D eigenvalue weighted by atomic mass is 16.5. The van der Waals surface area contributed by atoms with Crippen LogP contribution in [0.1, 0.15) is 54.1 Å². The first-order chi connectivity index (χ1) is 11.1. The Morgan fingerprint density at radius 1 is 1.35 bits per heavy atom. The molecule has 23 heavy (non-hydrogen) atoms. The number of hydrogen-bond donors (Lipinski definition) is 1. The highest BCUT2D eigenvalue weighted by Crippen LogP contribution is 2.33. The van der Waals surface area contributed by atoms with Gasteiger partial charge >= 0.3 is 0 Å². The average Bonchev–Trinajstić information content (AvgIpc) is 3.22. The number of ether oxygens (including phenoxy) is 1. The van der Waals surface area contributed by atoms with E-state index >= 15 is 0 Å². The van der Waals surface area contributed by atoms with Crippen LogP contribution >= 0.6 is 0 Å². The van der Waals surface area contributed by atoms with E-state index < -0.39 is 0 Å². The van der Waals surface area contributed by atoms with Gasteiger partial charge in [-0.15, -0.1) is 0 Å². The summed E-state index contributed by atoms with van der Waals surface area (Å²) < 4.78 is 11.0. The summed E-state index contributed by atoms with van der Waals surface area (Å²) in [6.45, 7) is 5.30. The van der Waals surface area contributed by atoms with E-state index in [1.807, 2.05) is 32.0 Å². The van der Waals surface area contributed by atoms with Crippen molar-refractivity contribution in [3.8, 4) is 0 Å². The van der Waals surface area contributed by atoms with E-state index in [0.717, 1.165) is 24.4 Å². The quantitative estimate of drug-likeness (QED) is 0.919. The average molecular weight is 314 g/mol. The fourth-order valence-electron chi connectivity index (χ4n) is 2.84. The number of amides is 1. The minimum atomic E-state index is -0.195. The van der Waals surface area contributed by atoms with Gasteiger partial charge in [0.2, 0.25) is 0 Å². The summed E-state index contributed by atoms with van der Waals surface area (Å²) in [4.78, 5) is 12.2. The van der Waals surface area contributed by atoms with Gasteiger partial charge in [0.15, 0.2) is 5.69 Å². The van der Waals surface area contributed by atoms with Crippen LogP contribution < -0.4 is 5.32 Å². The summed E-state index contributed by atoms with van der Waals surface area (Å²) in [5.41, 5.74) is 1.50. The maximum Gasteiger partial charge on any atom is 0.273 e. The molecule has 1 aliphatic heterocycles. The van der Waals surface area contributed by atoms with Crippen LogP contribution in [0.5, 0.6) is 0 Å². The molecule has 0 aliphatic carbocycles. The molecule has 5 nitrogen and oxygen atoms in total. The number of nitrogens with one attached hydrogen (secondary N) is 1. The molecule has 0 radical (unpaired) electrons. The lowest BCUT2D eigenvalue weighted by Crippen LogP contribution is -2.30. The number of rotatable bonds is 5. The molecule has 1 aliphatic rings. The Hall–Kier alpha value is -2.14. The summed E-state index contributed by atoms with van der Waals surface area (Å²) >= 11 is 0. The molecule has 1 fully saturated rings. The van der Waals surface area contributed by atoms with Gasteiger partial charge in [0.25, 0.3) is 5.91 Å². The van der Waals surface area contributed by atoms with Crippen LogP contribution in [-0.2, 0) is 4.74 Å². The first-order valence-electron chi connectivity index (χ1n) is 8.06. The Balaban J connectivity index is 1.59. The van der Waals surface area contributed by atoms with E-state index in [9.17, 15) is 4.79 Å². The molecule has 1 saturated heterocycles. The van der Waals surface area contributed by atoms with Crippen LogP contribution in [0.15, 0.2) is 40.9 Å². The van der Waals surface area contributed by atoms with E-state index in [1.54, 1.807) is 6.07 Å². The fraction of sp³-hybridized carbons (Fsp3) is 0.444. The molecule has 2 atom stereocenters. The Bertz CT molecular complexity index is 651. The molecule has 0 bridgehead atoms. The number of aromatic nitrogens is 1. The third-order valence-electron chi connectivity index (χ3n) is 4.20. The smallest absolute Gasteiger partial charge is 0.273 e. The van der Waals surface area contributed by atoms with E-state index in [4.69, 9.17) is 9.26 Å². The number of carbonyl (C=O) groups is 1. The molecule has 122 valence electrons. The monoisotopic (exact) mass is 314 g/mol. The third kappa shape index (κ3) is 3.62. The molecule has 5 heteroatoms. The van der Waals surface area contributed by atoms with E-state index in [2.05, 4.69) is 22.6 Å². The fourth-order valence-corrected chi connectivity index (χ4v) is 2.84. The van der Waals surface area contributed by atoms with Gasteiger partial charge in [-0.2, -0.15) is 0 Å². The molecule has 1 N–H and O–H groups in total. The largest absolute Gasteiger partial charge is 0.373 e. The molecule has 1 amide bonds. The Kier molecular flexibility index (Phi) is 4.76. The first-order valence-corrected chi connectivity index (χ1v) is 8.06. The second-order valence-corrected chi connectivity index (χ2v) is 6.23. The first kappa shape index (κ1) is 15.7. The molecule has 0 unspecified atom stereocenters. The zero-order valence-corrected chi connectivity index (χ0v) is 13.5. The molecular weight excluding hydrogens is 292 g/mol. The Morgan fingerprint density at radius 3 is 2.83 bits per heavy atom. The van der Waals surface area contributed by atoms with Crippen molar-refractivity contribution in [3.63, 3.8) is 0 Å². The predicted molar refractivity (Wildman–Crippen MR) is 86.2 cm³/mol. The summed E-state index contributed by atoms with van der Waals surface area (Å²) in [5.74, 6) is 1.02. The molecule has 2 heterocycles. The van der Waals surface area contributed by atoms with Gasteiger partial charge in [-0.3, -0.25) is 4.79 Å². The van der Waals surface area contributed by atoms with E-state index in [0.29, 0.717) is 12.2 Å². The number of hydrogen-bond acceptors (Lipinski definition) is 4.